The van der Waals surface area contributed by atoms with Crippen LogP contribution in [0.1, 0.15) is 27.4 Å². The summed E-state index contributed by atoms with van der Waals surface area (Å²) in [6.07, 6.45) is 0. The van der Waals surface area contributed by atoms with E-state index in [-0.39, 0.29) is 5.91 Å². The number of hydrogen-bond donors (Lipinski definition) is 1. The molecule has 5 nitrogen and oxygen atoms in total. The lowest BCUT2D eigenvalue weighted by atomic mass is 10.2. The van der Waals surface area contributed by atoms with Gasteiger partial charge in [0.1, 0.15) is 11.3 Å². The van der Waals surface area contributed by atoms with E-state index in [1.54, 1.807) is 24.3 Å². The maximum atomic E-state index is 12.6. The SMILES string of the molecule is Cc1nc2c(cc1NC(=O)c1ccccc1Cl)nc(C)n2Cc1ccccc1. The minimum absolute atomic E-state index is 0.268. The third-order valence-corrected chi connectivity index (χ3v) is 4.98. The molecular formula is C22H19ClN4O. The molecule has 4 rings (SSSR count). The van der Waals surface area contributed by atoms with Crippen molar-refractivity contribution in [2.24, 2.45) is 0 Å². The number of nitrogens with one attached hydrogen (secondary N) is 1. The van der Waals surface area contributed by atoms with E-state index >= 15 is 0 Å². The van der Waals surface area contributed by atoms with Gasteiger partial charge in [0.25, 0.3) is 5.91 Å². The molecule has 0 spiro atoms. The molecule has 0 saturated heterocycles. The molecule has 6 heteroatoms. The number of aromatic nitrogens is 3. The molecule has 0 atom stereocenters. The van der Waals surface area contributed by atoms with Gasteiger partial charge in [-0.25, -0.2) is 9.97 Å². The van der Waals surface area contributed by atoms with Crippen LogP contribution >= 0.6 is 11.6 Å². The van der Waals surface area contributed by atoms with Crippen LogP contribution in [0.2, 0.25) is 5.02 Å². The third-order valence-electron chi connectivity index (χ3n) is 4.65. The first-order valence-electron chi connectivity index (χ1n) is 8.97. The Bertz CT molecular complexity index is 1170. The number of pyridine rings is 1. The molecule has 0 bridgehead atoms. The maximum Gasteiger partial charge on any atom is 0.257 e. The third kappa shape index (κ3) is 3.49. The van der Waals surface area contributed by atoms with Crippen LogP contribution in [-0.4, -0.2) is 20.4 Å². The van der Waals surface area contributed by atoms with E-state index in [0.29, 0.717) is 22.8 Å². The van der Waals surface area contributed by atoms with E-state index < -0.39 is 0 Å². The van der Waals surface area contributed by atoms with Gasteiger partial charge < -0.3 is 9.88 Å². The summed E-state index contributed by atoms with van der Waals surface area (Å²) in [5.74, 6) is 0.607. The number of halogens is 1. The molecule has 0 saturated carbocycles. The summed E-state index contributed by atoms with van der Waals surface area (Å²) in [4.78, 5) is 21.9. The van der Waals surface area contributed by atoms with Gasteiger partial charge in [0, 0.05) is 0 Å². The lowest BCUT2D eigenvalue weighted by Gasteiger charge is -2.10. The summed E-state index contributed by atoms with van der Waals surface area (Å²) in [5, 5.41) is 3.31. The molecule has 1 amide bonds. The van der Waals surface area contributed by atoms with Crippen LogP contribution in [0.3, 0.4) is 0 Å². The number of carbonyl (C=O) groups is 1. The topological polar surface area (TPSA) is 59.8 Å². The fourth-order valence-corrected chi connectivity index (χ4v) is 3.39. The van der Waals surface area contributed by atoms with Crippen LogP contribution in [0.5, 0.6) is 0 Å². The minimum atomic E-state index is -0.268. The Morgan fingerprint density at radius 1 is 1.04 bits per heavy atom. The van der Waals surface area contributed by atoms with Crippen LogP contribution < -0.4 is 5.32 Å². The molecule has 28 heavy (non-hydrogen) atoms. The number of amides is 1. The summed E-state index contributed by atoms with van der Waals surface area (Å²) in [5.41, 5.74) is 4.50. The van der Waals surface area contributed by atoms with Gasteiger partial charge >= 0.3 is 0 Å². The lowest BCUT2D eigenvalue weighted by molar-refractivity contribution is 0.102. The van der Waals surface area contributed by atoms with E-state index in [2.05, 4.69) is 27.0 Å². The average molecular weight is 391 g/mol. The maximum absolute atomic E-state index is 12.6. The molecule has 1 N–H and O–H groups in total. The molecule has 0 aliphatic carbocycles. The zero-order chi connectivity index (χ0) is 19.7. The van der Waals surface area contributed by atoms with Crippen molar-refractivity contribution in [2.45, 2.75) is 20.4 Å². The Labute approximate surface area is 168 Å². The summed E-state index contributed by atoms with van der Waals surface area (Å²) in [7, 11) is 0. The fourth-order valence-electron chi connectivity index (χ4n) is 3.17. The second-order valence-corrected chi connectivity index (χ2v) is 7.04. The van der Waals surface area contributed by atoms with Gasteiger partial charge in [-0.15, -0.1) is 0 Å². The zero-order valence-electron chi connectivity index (χ0n) is 15.6. The molecule has 2 aromatic heterocycles. The zero-order valence-corrected chi connectivity index (χ0v) is 16.4. The van der Waals surface area contributed by atoms with E-state index in [9.17, 15) is 4.79 Å². The van der Waals surface area contributed by atoms with Crippen molar-refractivity contribution in [1.29, 1.82) is 0 Å². The number of imidazole rings is 1. The van der Waals surface area contributed by atoms with Gasteiger partial charge in [-0.2, -0.15) is 0 Å². The van der Waals surface area contributed by atoms with Crippen LogP contribution in [0, 0.1) is 13.8 Å². The predicted molar refractivity (Wildman–Crippen MR) is 112 cm³/mol. The molecular weight excluding hydrogens is 372 g/mol. The smallest absolute Gasteiger partial charge is 0.257 e. The van der Waals surface area contributed by atoms with Crippen molar-refractivity contribution < 1.29 is 4.79 Å². The molecule has 2 aromatic carbocycles. The first kappa shape index (κ1) is 18.2. The van der Waals surface area contributed by atoms with E-state index in [1.165, 1.54) is 5.56 Å². The predicted octanol–water partition coefficient (Wildman–Crippen LogP) is 5.00. The highest BCUT2D eigenvalue weighted by molar-refractivity contribution is 6.34. The van der Waals surface area contributed by atoms with Gasteiger partial charge in [-0.05, 0) is 37.6 Å². The Hall–Kier alpha value is -3.18. The molecule has 2 heterocycles. The Morgan fingerprint density at radius 2 is 1.75 bits per heavy atom. The Morgan fingerprint density at radius 3 is 2.50 bits per heavy atom. The highest BCUT2D eigenvalue weighted by Crippen LogP contribution is 2.24. The number of aryl methyl sites for hydroxylation is 2. The highest BCUT2D eigenvalue weighted by Gasteiger charge is 2.15. The molecule has 0 unspecified atom stereocenters. The van der Waals surface area contributed by atoms with Gasteiger partial charge in [-0.1, -0.05) is 54.1 Å². The van der Waals surface area contributed by atoms with Crippen molar-refractivity contribution in [3.05, 3.63) is 88.3 Å². The normalized spacial score (nSPS) is 11.0. The highest BCUT2D eigenvalue weighted by atomic mass is 35.5. The summed E-state index contributed by atoms with van der Waals surface area (Å²) in [6.45, 7) is 4.53. The second kappa shape index (κ2) is 7.44. The molecule has 0 aliphatic rings. The van der Waals surface area contributed by atoms with Crippen molar-refractivity contribution in [3.63, 3.8) is 0 Å². The molecule has 0 radical (unpaired) electrons. The number of rotatable bonds is 4. The van der Waals surface area contributed by atoms with Crippen molar-refractivity contribution in [3.8, 4) is 0 Å². The summed E-state index contributed by atoms with van der Waals surface area (Å²) >= 11 is 6.13. The quantitative estimate of drug-likeness (QED) is 0.533. The number of fused-ring (bicyclic) bond motifs is 1. The van der Waals surface area contributed by atoms with Gasteiger partial charge in [0.05, 0.1) is 28.5 Å². The number of anilines is 1. The fraction of sp³-hybridized carbons (Fsp3) is 0.136. The Kier molecular flexibility index (Phi) is 4.84. The van der Waals surface area contributed by atoms with Crippen LogP contribution in [-0.2, 0) is 6.54 Å². The summed E-state index contributed by atoms with van der Waals surface area (Å²) < 4.78 is 2.08. The number of nitrogens with zero attached hydrogens (tertiary/aromatic N) is 3. The van der Waals surface area contributed by atoms with Crippen LogP contribution in [0.4, 0.5) is 5.69 Å². The first-order chi connectivity index (χ1) is 13.5. The first-order valence-corrected chi connectivity index (χ1v) is 9.35. The molecule has 4 aromatic rings. The van der Waals surface area contributed by atoms with Crippen LogP contribution in [0.25, 0.3) is 11.2 Å². The van der Waals surface area contributed by atoms with E-state index in [4.69, 9.17) is 16.6 Å². The van der Waals surface area contributed by atoms with Crippen molar-refractivity contribution in [2.75, 3.05) is 5.32 Å². The monoisotopic (exact) mass is 390 g/mol. The number of benzene rings is 2. The van der Waals surface area contributed by atoms with Crippen molar-refractivity contribution >= 4 is 34.4 Å². The molecule has 0 fully saturated rings. The summed E-state index contributed by atoms with van der Waals surface area (Å²) in [6, 6.07) is 19.0. The van der Waals surface area contributed by atoms with Gasteiger partial charge in [-0.3, -0.25) is 4.79 Å². The molecule has 0 aliphatic heterocycles. The largest absolute Gasteiger partial charge is 0.320 e. The standard InChI is InChI=1S/C22H19ClN4O/c1-14-19(26-22(28)17-10-6-7-11-18(17)23)12-20-21(24-14)27(15(2)25-20)13-16-8-4-3-5-9-16/h3-12H,13H2,1-2H3,(H,26,28). The average Bonchev–Trinajstić information content (AvgIpc) is 2.98. The lowest BCUT2D eigenvalue weighted by Crippen LogP contribution is -2.14. The van der Waals surface area contributed by atoms with Crippen LogP contribution in [0.15, 0.2) is 60.7 Å². The van der Waals surface area contributed by atoms with Crippen molar-refractivity contribution in [1.82, 2.24) is 14.5 Å². The minimum Gasteiger partial charge on any atom is -0.320 e. The Balaban J connectivity index is 1.68. The van der Waals surface area contributed by atoms with E-state index in [0.717, 1.165) is 22.7 Å². The van der Waals surface area contributed by atoms with E-state index in [1.807, 2.05) is 38.1 Å². The van der Waals surface area contributed by atoms with Gasteiger partial charge in [0.2, 0.25) is 0 Å². The second-order valence-electron chi connectivity index (χ2n) is 6.63. The molecule has 140 valence electrons. The number of carbonyl (C=O) groups excluding carboxylic acids is 1. The number of hydrogen-bond acceptors (Lipinski definition) is 3. The van der Waals surface area contributed by atoms with Gasteiger partial charge in [0.15, 0.2) is 5.65 Å².